The molecule has 0 bridgehead atoms. The van der Waals surface area contributed by atoms with Gasteiger partial charge < -0.3 is 19.6 Å². The van der Waals surface area contributed by atoms with Crippen LogP contribution in [-0.4, -0.2) is 32.0 Å². The third-order valence-electron chi connectivity index (χ3n) is 3.50. The van der Waals surface area contributed by atoms with Crippen LogP contribution in [0.4, 0.5) is 0 Å². The molecular weight excluding hydrogens is 495 g/mol. The molecule has 0 aromatic heterocycles. The van der Waals surface area contributed by atoms with Crippen molar-refractivity contribution in [2.24, 2.45) is 5.10 Å². The summed E-state index contributed by atoms with van der Waals surface area (Å²) in [5.74, 6) is 0.637. The first-order valence-electron chi connectivity index (χ1n) is 8.79. The van der Waals surface area contributed by atoms with E-state index in [1.54, 1.807) is 13.1 Å². The van der Waals surface area contributed by atoms with E-state index in [0.717, 1.165) is 14.7 Å². The lowest BCUT2D eigenvalue weighted by Gasteiger charge is -2.14. The van der Waals surface area contributed by atoms with Crippen molar-refractivity contribution < 1.29 is 19.0 Å². The Morgan fingerprint density at radius 3 is 2.71 bits per heavy atom. The molecule has 0 saturated carbocycles. The molecule has 1 N–H and O–H groups in total. The molecule has 2 aromatic carbocycles. The van der Waals surface area contributed by atoms with Crippen molar-refractivity contribution in [3.63, 3.8) is 0 Å². The molecule has 0 radical (unpaired) electrons. The highest BCUT2D eigenvalue weighted by molar-refractivity contribution is 14.1. The molecule has 0 unspecified atom stereocenters. The van der Waals surface area contributed by atoms with E-state index in [1.807, 2.05) is 43.3 Å². The monoisotopic (exact) mass is 516 g/mol. The summed E-state index contributed by atoms with van der Waals surface area (Å²) in [7, 11) is 0. The zero-order valence-corrected chi connectivity index (χ0v) is 18.6. The summed E-state index contributed by atoms with van der Waals surface area (Å²) in [6, 6.07) is 11.3. The van der Waals surface area contributed by atoms with Gasteiger partial charge in [-0.25, -0.2) is 4.79 Å². The number of hydrazone groups is 1. The van der Waals surface area contributed by atoms with Crippen LogP contribution in [0.25, 0.3) is 0 Å². The zero-order chi connectivity index (χ0) is 20.4. The van der Waals surface area contributed by atoms with Gasteiger partial charge in [-0.1, -0.05) is 29.8 Å². The van der Waals surface area contributed by atoms with Crippen LogP contribution in [0.2, 0.25) is 5.02 Å². The van der Waals surface area contributed by atoms with Gasteiger partial charge in [0.15, 0.2) is 18.1 Å². The summed E-state index contributed by atoms with van der Waals surface area (Å²) < 4.78 is 17.0. The summed E-state index contributed by atoms with van der Waals surface area (Å²) in [6.07, 6.45) is 1.69. The van der Waals surface area contributed by atoms with E-state index < -0.39 is 5.97 Å². The summed E-state index contributed by atoms with van der Waals surface area (Å²) in [4.78, 5) is 11.5. The molecular formula is C20H22ClIN2O4. The number of ether oxygens (including phenoxy) is 3. The Kier molecular flexibility index (Phi) is 9.36. The quantitative estimate of drug-likeness (QED) is 0.219. The second-order valence-electron chi connectivity index (χ2n) is 5.54. The fraction of sp³-hybridized carbons (Fsp3) is 0.300. The maximum Gasteiger partial charge on any atom is 0.344 e. The molecule has 0 aliphatic rings. The van der Waals surface area contributed by atoms with E-state index in [0.29, 0.717) is 36.3 Å². The first-order chi connectivity index (χ1) is 13.5. The summed E-state index contributed by atoms with van der Waals surface area (Å²) in [5.41, 5.74) is 4.78. The third-order valence-corrected chi connectivity index (χ3v) is 4.67. The number of carbonyl (C=O) groups excluding carboxylic acids is 1. The standard InChI is InChI=1S/C20H22ClIN2O4/c1-3-26-18-10-14(9-17(22)20(18)28-13-19(25)27-4-2)11-23-24-12-15-7-5-6-8-16(15)21/h5-11,24H,3-4,12-13H2,1-2H3/b23-11-. The first-order valence-corrected chi connectivity index (χ1v) is 10.2. The van der Waals surface area contributed by atoms with Gasteiger partial charge in [0.1, 0.15) is 0 Å². The van der Waals surface area contributed by atoms with Crippen LogP contribution < -0.4 is 14.9 Å². The Bertz CT molecular complexity index is 830. The normalized spacial score (nSPS) is 10.7. The molecule has 8 heteroatoms. The van der Waals surface area contributed by atoms with Crippen molar-refractivity contribution in [3.05, 3.63) is 56.1 Å². The van der Waals surface area contributed by atoms with Gasteiger partial charge in [0.05, 0.1) is 29.5 Å². The van der Waals surface area contributed by atoms with Gasteiger partial charge in [-0.05, 0) is 65.8 Å². The van der Waals surface area contributed by atoms with Gasteiger partial charge in [-0.3, -0.25) is 0 Å². The number of hydrogen-bond donors (Lipinski definition) is 1. The van der Waals surface area contributed by atoms with Gasteiger partial charge in [-0.2, -0.15) is 5.10 Å². The van der Waals surface area contributed by atoms with Crippen LogP contribution in [0.5, 0.6) is 11.5 Å². The maximum atomic E-state index is 11.5. The van der Waals surface area contributed by atoms with E-state index >= 15 is 0 Å². The van der Waals surface area contributed by atoms with Crippen molar-refractivity contribution in [3.8, 4) is 11.5 Å². The molecule has 0 saturated heterocycles. The minimum atomic E-state index is -0.421. The molecule has 0 spiro atoms. The number of carbonyl (C=O) groups is 1. The van der Waals surface area contributed by atoms with Gasteiger partial charge in [0.2, 0.25) is 0 Å². The second-order valence-corrected chi connectivity index (χ2v) is 7.11. The first kappa shape index (κ1) is 22.3. The van der Waals surface area contributed by atoms with Gasteiger partial charge in [-0.15, -0.1) is 0 Å². The SMILES string of the molecule is CCOC(=O)COc1c(I)cc(/C=N\NCc2ccccc2Cl)cc1OCC. The van der Waals surface area contributed by atoms with Crippen LogP contribution >= 0.6 is 34.2 Å². The lowest BCUT2D eigenvalue weighted by Crippen LogP contribution is -2.15. The molecule has 28 heavy (non-hydrogen) atoms. The molecule has 0 amide bonds. The van der Waals surface area contributed by atoms with E-state index in [-0.39, 0.29) is 6.61 Å². The smallest absolute Gasteiger partial charge is 0.344 e. The van der Waals surface area contributed by atoms with Crippen LogP contribution in [0.1, 0.15) is 25.0 Å². The summed E-state index contributed by atoms with van der Waals surface area (Å²) in [6.45, 7) is 4.77. The lowest BCUT2D eigenvalue weighted by atomic mass is 10.2. The Labute approximate surface area is 183 Å². The molecule has 0 atom stereocenters. The van der Waals surface area contributed by atoms with Crippen LogP contribution in [0, 0.1) is 3.57 Å². The number of esters is 1. The Morgan fingerprint density at radius 1 is 1.21 bits per heavy atom. The molecule has 0 aliphatic carbocycles. The van der Waals surface area contributed by atoms with E-state index in [1.165, 1.54) is 0 Å². The third kappa shape index (κ3) is 6.87. The lowest BCUT2D eigenvalue weighted by molar-refractivity contribution is -0.145. The van der Waals surface area contributed by atoms with Crippen LogP contribution in [0.3, 0.4) is 0 Å². The predicted molar refractivity (Wildman–Crippen MR) is 118 cm³/mol. The van der Waals surface area contributed by atoms with E-state index in [9.17, 15) is 4.79 Å². The van der Waals surface area contributed by atoms with Crippen molar-refractivity contribution in [2.45, 2.75) is 20.4 Å². The Morgan fingerprint density at radius 2 is 2.00 bits per heavy atom. The van der Waals surface area contributed by atoms with Gasteiger partial charge in [0.25, 0.3) is 0 Å². The van der Waals surface area contributed by atoms with Crippen molar-refractivity contribution in [2.75, 3.05) is 19.8 Å². The molecule has 0 aliphatic heterocycles. The number of hydrogen-bond acceptors (Lipinski definition) is 6. The number of halogens is 2. The molecule has 0 fully saturated rings. The number of nitrogens with one attached hydrogen (secondary N) is 1. The highest BCUT2D eigenvalue weighted by atomic mass is 127. The highest BCUT2D eigenvalue weighted by Gasteiger charge is 2.14. The topological polar surface area (TPSA) is 69.2 Å². The number of benzene rings is 2. The zero-order valence-electron chi connectivity index (χ0n) is 15.7. The molecule has 6 nitrogen and oxygen atoms in total. The maximum absolute atomic E-state index is 11.5. The van der Waals surface area contributed by atoms with Crippen molar-refractivity contribution in [1.29, 1.82) is 0 Å². The fourth-order valence-corrected chi connectivity index (χ4v) is 3.28. The number of rotatable bonds is 10. The van der Waals surface area contributed by atoms with Gasteiger partial charge >= 0.3 is 5.97 Å². The average Bonchev–Trinajstić information content (AvgIpc) is 2.66. The van der Waals surface area contributed by atoms with E-state index in [2.05, 4.69) is 33.1 Å². The molecule has 2 aromatic rings. The Balaban J connectivity index is 2.06. The second kappa shape index (κ2) is 11.8. The van der Waals surface area contributed by atoms with Crippen LogP contribution in [0.15, 0.2) is 41.5 Å². The highest BCUT2D eigenvalue weighted by Crippen LogP contribution is 2.34. The minimum Gasteiger partial charge on any atom is -0.490 e. The van der Waals surface area contributed by atoms with Crippen molar-refractivity contribution in [1.82, 2.24) is 5.43 Å². The minimum absolute atomic E-state index is 0.170. The van der Waals surface area contributed by atoms with Crippen molar-refractivity contribution >= 4 is 46.4 Å². The molecule has 2 rings (SSSR count). The van der Waals surface area contributed by atoms with Crippen LogP contribution in [-0.2, 0) is 16.1 Å². The van der Waals surface area contributed by atoms with Gasteiger partial charge in [0, 0.05) is 5.02 Å². The predicted octanol–water partition coefficient (Wildman–Crippen LogP) is 4.41. The molecule has 0 heterocycles. The Hall–Kier alpha value is -2.00. The van der Waals surface area contributed by atoms with E-state index in [4.69, 9.17) is 25.8 Å². The summed E-state index contributed by atoms with van der Waals surface area (Å²) >= 11 is 8.27. The molecule has 150 valence electrons. The number of nitrogens with zero attached hydrogens (tertiary/aromatic N) is 1. The fourth-order valence-electron chi connectivity index (χ4n) is 2.29. The average molecular weight is 517 g/mol. The summed E-state index contributed by atoms with van der Waals surface area (Å²) in [5, 5.41) is 4.94. The largest absolute Gasteiger partial charge is 0.490 e.